The third-order valence-electron chi connectivity index (χ3n) is 3.05. The Morgan fingerprint density at radius 2 is 2.33 bits per heavy atom. The predicted octanol–water partition coefficient (Wildman–Crippen LogP) is 0.709. The van der Waals surface area contributed by atoms with Gasteiger partial charge in [-0.15, -0.1) is 0 Å². The summed E-state index contributed by atoms with van der Waals surface area (Å²) in [7, 11) is 0. The highest BCUT2D eigenvalue weighted by molar-refractivity contribution is 5.94. The molecule has 0 spiro atoms. The number of phenols is 1. The second kappa shape index (κ2) is 5.08. The van der Waals surface area contributed by atoms with Crippen LogP contribution in [0.4, 0.5) is 0 Å². The highest BCUT2D eigenvalue weighted by Crippen LogP contribution is 2.16. The van der Waals surface area contributed by atoms with Gasteiger partial charge < -0.3 is 15.7 Å². The maximum absolute atomic E-state index is 11.8. The average molecular weight is 248 g/mol. The molecule has 0 saturated carbocycles. The third-order valence-corrected chi connectivity index (χ3v) is 3.05. The van der Waals surface area contributed by atoms with Gasteiger partial charge in [-0.2, -0.15) is 0 Å². The third kappa shape index (κ3) is 2.80. The Bertz CT molecular complexity index is 485. The summed E-state index contributed by atoms with van der Waals surface area (Å²) >= 11 is 0. The number of phenolic OH excluding ortho intramolecular Hbond substituents is 1. The number of benzene rings is 1. The fourth-order valence-electron chi connectivity index (χ4n) is 1.95. The zero-order valence-corrected chi connectivity index (χ0v) is 10.2. The average Bonchev–Trinajstić information content (AvgIpc) is 2.75. The Morgan fingerprint density at radius 1 is 1.56 bits per heavy atom. The van der Waals surface area contributed by atoms with Crippen molar-refractivity contribution in [2.24, 2.45) is 0 Å². The van der Waals surface area contributed by atoms with E-state index in [-0.39, 0.29) is 23.6 Å². The molecule has 1 atom stereocenters. The molecule has 0 bridgehead atoms. The van der Waals surface area contributed by atoms with E-state index in [1.165, 1.54) is 6.07 Å². The summed E-state index contributed by atoms with van der Waals surface area (Å²) in [4.78, 5) is 22.8. The molecule has 0 radical (unpaired) electrons. The molecule has 1 aliphatic heterocycles. The van der Waals surface area contributed by atoms with Gasteiger partial charge in [-0.25, -0.2) is 0 Å². The first-order valence-electron chi connectivity index (χ1n) is 5.93. The minimum absolute atomic E-state index is 0.0275. The largest absolute Gasteiger partial charge is 0.508 e. The first-order chi connectivity index (χ1) is 8.56. The number of carbonyl (C=O) groups excluding carboxylic acids is 2. The summed E-state index contributed by atoms with van der Waals surface area (Å²) in [6.45, 7) is 2.17. The molecule has 1 aromatic rings. The molecule has 2 rings (SSSR count). The van der Waals surface area contributed by atoms with Gasteiger partial charge in [0.1, 0.15) is 5.75 Å². The van der Waals surface area contributed by atoms with Crippen molar-refractivity contribution in [2.45, 2.75) is 25.8 Å². The van der Waals surface area contributed by atoms with Crippen molar-refractivity contribution in [3.05, 3.63) is 29.3 Å². The normalized spacial score (nSPS) is 18.5. The molecule has 96 valence electrons. The second-order valence-corrected chi connectivity index (χ2v) is 4.51. The number of carbonyl (C=O) groups is 2. The van der Waals surface area contributed by atoms with Gasteiger partial charge >= 0.3 is 0 Å². The summed E-state index contributed by atoms with van der Waals surface area (Å²) in [5.41, 5.74) is 1.17. The van der Waals surface area contributed by atoms with Gasteiger partial charge in [0, 0.05) is 24.6 Å². The van der Waals surface area contributed by atoms with Crippen LogP contribution in [0.2, 0.25) is 0 Å². The molecule has 3 N–H and O–H groups in total. The smallest absolute Gasteiger partial charge is 0.251 e. The molecule has 1 fully saturated rings. The molecular formula is C13H16N2O3. The van der Waals surface area contributed by atoms with Crippen LogP contribution in [0, 0.1) is 6.92 Å². The van der Waals surface area contributed by atoms with E-state index in [4.69, 9.17) is 0 Å². The van der Waals surface area contributed by atoms with Gasteiger partial charge in [0.2, 0.25) is 5.91 Å². The monoisotopic (exact) mass is 248 g/mol. The molecule has 0 aliphatic carbocycles. The van der Waals surface area contributed by atoms with E-state index < -0.39 is 0 Å². The van der Waals surface area contributed by atoms with Crippen LogP contribution in [-0.4, -0.2) is 29.5 Å². The minimum atomic E-state index is -0.195. The van der Waals surface area contributed by atoms with Crippen LogP contribution in [0.3, 0.4) is 0 Å². The summed E-state index contributed by atoms with van der Waals surface area (Å²) in [6, 6.07) is 4.74. The molecule has 1 aromatic carbocycles. The quantitative estimate of drug-likeness (QED) is 0.737. The Kier molecular flexibility index (Phi) is 3.50. The van der Waals surface area contributed by atoms with Crippen LogP contribution >= 0.6 is 0 Å². The van der Waals surface area contributed by atoms with E-state index in [9.17, 15) is 14.7 Å². The lowest BCUT2D eigenvalue weighted by Gasteiger charge is -2.11. The van der Waals surface area contributed by atoms with Gasteiger partial charge in [0.25, 0.3) is 5.91 Å². The predicted molar refractivity (Wildman–Crippen MR) is 66.3 cm³/mol. The molecule has 5 nitrogen and oxygen atoms in total. The fourth-order valence-corrected chi connectivity index (χ4v) is 1.95. The van der Waals surface area contributed by atoms with E-state index >= 15 is 0 Å². The Morgan fingerprint density at radius 3 is 2.94 bits per heavy atom. The number of amides is 2. The van der Waals surface area contributed by atoms with Crippen molar-refractivity contribution in [3.8, 4) is 5.75 Å². The van der Waals surface area contributed by atoms with Crippen molar-refractivity contribution >= 4 is 11.8 Å². The Hall–Kier alpha value is -2.04. The van der Waals surface area contributed by atoms with Gasteiger partial charge in [-0.3, -0.25) is 9.59 Å². The van der Waals surface area contributed by atoms with Crippen molar-refractivity contribution < 1.29 is 14.7 Å². The number of hydrogen-bond acceptors (Lipinski definition) is 3. The number of hydrogen-bond donors (Lipinski definition) is 3. The second-order valence-electron chi connectivity index (χ2n) is 4.51. The van der Waals surface area contributed by atoms with Crippen LogP contribution in [0.15, 0.2) is 18.2 Å². The first-order valence-corrected chi connectivity index (χ1v) is 5.93. The van der Waals surface area contributed by atoms with E-state index in [0.29, 0.717) is 24.1 Å². The Labute approximate surface area is 105 Å². The molecule has 1 unspecified atom stereocenters. The van der Waals surface area contributed by atoms with E-state index in [1.807, 2.05) is 0 Å². The lowest BCUT2D eigenvalue weighted by Crippen LogP contribution is -2.38. The lowest BCUT2D eigenvalue weighted by atomic mass is 10.1. The number of aromatic hydroxyl groups is 1. The van der Waals surface area contributed by atoms with Crippen molar-refractivity contribution in [3.63, 3.8) is 0 Å². The number of nitrogens with one attached hydrogen (secondary N) is 2. The molecule has 0 aromatic heterocycles. The fraction of sp³-hybridized carbons (Fsp3) is 0.385. The van der Waals surface area contributed by atoms with Crippen LogP contribution in [-0.2, 0) is 4.79 Å². The number of rotatable bonds is 3. The zero-order valence-electron chi connectivity index (χ0n) is 10.2. The molecule has 2 amide bonds. The van der Waals surface area contributed by atoms with Gasteiger partial charge in [-0.1, -0.05) is 0 Å². The lowest BCUT2D eigenvalue weighted by molar-refractivity contribution is -0.119. The zero-order chi connectivity index (χ0) is 13.1. The van der Waals surface area contributed by atoms with E-state index in [1.54, 1.807) is 19.1 Å². The minimum Gasteiger partial charge on any atom is -0.508 e. The van der Waals surface area contributed by atoms with Crippen LogP contribution < -0.4 is 10.6 Å². The summed E-state index contributed by atoms with van der Waals surface area (Å²) in [5.74, 6) is 0.0172. The number of aryl methyl sites for hydroxylation is 1. The van der Waals surface area contributed by atoms with Crippen molar-refractivity contribution in [1.82, 2.24) is 10.6 Å². The maximum atomic E-state index is 11.8. The molecule has 18 heavy (non-hydrogen) atoms. The molecule has 1 heterocycles. The first kappa shape index (κ1) is 12.4. The highest BCUT2D eigenvalue weighted by Gasteiger charge is 2.21. The van der Waals surface area contributed by atoms with Crippen molar-refractivity contribution in [1.29, 1.82) is 0 Å². The van der Waals surface area contributed by atoms with Gasteiger partial charge in [0.15, 0.2) is 0 Å². The summed E-state index contributed by atoms with van der Waals surface area (Å²) in [5, 5.41) is 14.9. The molecular weight excluding hydrogens is 232 g/mol. The SMILES string of the molecule is Cc1cc(C(=O)NCC2CCC(=O)N2)ccc1O. The van der Waals surface area contributed by atoms with Crippen LogP contribution in [0.5, 0.6) is 5.75 Å². The van der Waals surface area contributed by atoms with Gasteiger partial charge in [-0.05, 0) is 37.1 Å². The molecule has 1 saturated heterocycles. The highest BCUT2D eigenvalue weighted by atomic mass is 16.3. The Balaban J connectivity index is 1.91. The van der Waals surface area contributed by atoms with Gasteiger partial charge in [0.05, 0.1) is 0 Å². The standard InChI is InChI=1S/C13H16N2O3/c1-8-6-9(2-4-11(8)16)13(18)14-7-10-3-5-12(17)15-10/h2,4,6,10,16H,3,5,7H2,1H3,(H,14,18)(H,15,17). The summed E-state index contributed by atoms with van der Waals surface area (Å²) < 4.78 is 0. The van der Waals surface area contributed by atoms with Crippen LogP contribution in [0.25, 0.3) is 0 Å². The van der Waals surface area contributed by atoms with Crippen LogP contribution in [0.1, 0.15) is 28.8 Å². The maximum Gasteiger partial charge on any atom is 0.251 e. The van der Waals surface area contributed by atoms with E-state index in [0.717, 1.165) is 6.42 Å². The van der Waals surface area contributed by atoms with Crippen molar-refractivity contribution in [2.75, 3.05) is 6.54 Å². The van der Waals surface area contributed by atoms with E-state index in [2.05, 4.69) is 10.6 Å². The molecule has 1 aliphatic rings. The molecule has 5 heteroatoms. The summed E-state index contributed by atoms with van der Waals surface area (Å²) in [6.07, 6.45) is 1.28. The topological polar surface area (TPSA) is 78.4 Å².